The van der Waals surface area contributed by atoms with E-state index in [1.807, 2.05) is 0 Å². The van der Waals surface area contributed by atoms with Crippen LogP contribution in [0.25, 0.3) is 0 Å². The summed E-state index contributed by atoms with van der Waals surface area (Å²) < 4.78 is 0. The molecule has 0 aliphatic heterocycles. The van der Waals surface area contributed by atoms with Gasteiger partial charge in [0.05, 0.1) is 11.3 Å². The summed E-state index contributed by atoms with van der Waals surface area (Å²) in [6, 6.07) is 2.36. The highest BCUT2D eigenvalue weighted by molar-refractivity contribution is 5.99. The van der Waals surface area contributed by atoms with Crippen LogP contribution >= 0.6 is 0 Å². The lowest BCUT2D eigenvalue weighted by Gasteiger charge is -2.13. The highest BCUT2D eigenvalue weighted by atomic mass is 16.6. The quantitative estimate of drug-likeness (QED) is 0.494. The Morgan fingerprint density at radius 1 is 1.43 bits per heavy atom. The molecule has 2 amide bonds. The van der Waals surface area contributed by atoms with E-state index in [4.69, 9.17) is 10.8 Å². The maximum Gasteiger partial charge on any atom is 0.326 e. The number of amides is 2. The predicted octanol–water partition coefficient (Wildman–Crippen LogP) is -0.0384. The van der Waals surface area contributed by atoms with E-state index in [1.165, 1.54) is 25.1 Å². The number of carbonyl (C=O) groups excluding carboxylic acids is 2. The summed E-state index contributed by atoms with van der Waals surface area (Å²) in [5, 5.41) is 21.8. The fourth-order valence-electron chi connectivity index (χ4n) is 1.70. The van der Waals surface area contributed by atoms with Crippen molar-refractivity contribution in [1.82, 2.24) is 5.32 Å². The van der Waals surface area contributed by atoms with Crippen molar-refractivity contribution < 1.29 is 24.4 Å². The molecule has 1 atom stereocenters. The molecule has 0 aliphatic carbocycles. The number of benzene rings is 1. The first-order chi connectivity index (χ1) is 9.73. The van der Waals surface area contributed by atoms with E-state index in [0.29, 0.717) is 0 Å². The largest absolute Gasteiger partial charge is 0.480 e. The Morgan fingerprint density at radius 2 is 2.05 bits per heavy atom. The number of nitrogens with zero attached hydrogens (tertiary/aromatic N) is 1. The zero-order valence-corrected chi connectivity index (χ0v) is 11.0. The van der Waals surface area contributed by atoms with Crippen LogP contribution < -0.4 is 11.1 Å². The van der Waals surface area contributed by atoms with Crippen LogP contribution in [0.4, 0.5) is 5.69 Å². The van der Waals surface area contributed by atoms with Crippen molar-refractivity contribution in [2.75, 3.05) is 0 Å². The zero-order chi connectivity index (χ0) is 16.2. The molecule has 0 heterocycles. The number of primary amides is 1. The lowest BCUT2D eigenvalue weighted by Crippen LogP contribution is -2.43. The normalized spacial score (nSPS) is 11.5. The molecule has 1 unspecified atom stereocenters. The summed E-state index contributed by atoms with van der Waals surface area (Å²) >= 11 is 0. The van der Waals surface area contributed by atoms with Crippen LogP contribution in [0.3, 0.4) is 0 Å². The second-order valence-corrected chi connectivity index (χ2v) is 4.24. The summed E-state index contributed by atoms with van der Waals surface area (Å²) in [5.41, 5.74) is 4.70. The number of carbonyl (C=O) groups is 3. The molecule has 1 aromatic carbocycles. The molecule has 0 bridgehead atoms. The first-order valence-corrected chi connectivity index (χ1v) is 5.80. The van der Waals surface area contributed by atoms with Gasteiger partial charge < -0.3 is 16.2 Å². The molecule has 21 heavy (non-hydrogen) atoms. The third-order valence-electron chi connectivity index (χ3n) is 2.76. The van der Waals surface area contributed by atoms with E-state index in [1.54, 1.807) is 0 Å². The van der Waals surface area contributed by atoms with Crippen molar-refractivity contribution in [1.29, 1.82) is 0 Å². The van der Waals surface area contributed by atoms with Crippen molar-refractivity contribution in [2.45, 2.75) is 19.4 Å². The van der Waals surface area contributed by atoms with Gasteiger partial charge in [0.15, 0.2) is 0 Å². The van der Waals surface area contributed by atoms with E-state index in [0.717, 1.165) is 0 Å². The first-order valence-electron chi connectivity index (χ1n) is 5.80. The Morgan fingerprint density at radius 3 is 2.52 bits per heavy atom. The molecule has 0 spiro atoms. The molecule has 0 saturated carbocycles. The number of hydrogen-bond donors (Lipinski definition) is 3. The van der Waals surface area contributed by atoms with E-state index in [2.05, 4.69) is 5.32 Å². The molecular formula is C12H13N3O6. The maximum atomic E-state index is 12.0. The SMILES string of the molecule is Cc1c(C(=O)NC(CC(N)=O)C(=O)O)cccc1[N+](=O)[O-]. The number of carboxylic acid groups (broad SMARTS) is 1. The monoisotopic (exact) mass is 295 g/mol. The fraction of sp³-hybridized carbons (Fsp3) is 0.250. The number of nitro groups is 1. The number of aliphatic carboxylic acids is 1. The van der Waals surface area contributed by atoms with Crippen LogP contribution in [0.5, 0.6) is 0 Å². The minimum absolute atomic E-state index is 0.0417. The Kier molecular flexibility index (Phi) is 4.95. The van der Waals surface area contributed by atoms with Gasteiger partial charge in [-0.05, 0) is 13.0 Å². The number of rotatable bonds is 6. The van der Waals surface area contributed by atoms with E-state index in [9.17, 15) is 24.5 Å². The third kappa shape index (κ3) is 4.00. The smallest absolute Gasteiger partial charge is 0.326 e. The number of nitrogens with two attached hydrogens (primary N) is 1. The minimum Gasteiger partial charge on any atom is -0.480 e. The number of carboxylic acids is 1. The molecule has 9 nitrogen and oxygen atoms in total. The summed E-state index contributed by atoms with van der Waals surface area (Å²) in [6.07, 6.45) is -0.574. The first kappa shape index (κ1) is 16.1. The van der Waals surface area contributed by atoms with Crippen LogP contribution in [0.1, 0.15) is 22.3 Å². The van der Waals surface area contributed by atoms with Gasteiger partial charge in [-0.3, -0.25) is 19.7 Å². The topological polar surface area (TPSA) is 153 Å². The molecule has 1 rings (SSSR count). The molecule has 112 valence electrons. The van der Waals surface area contributed by atoms with E-state index >= 15 is 0 Å². The van der Waals surface area contributed by atoms with Gasteiger partial charge in [0.2, 0.25) is 5.91 Å². The molecule has 9 heteroatoms. The van der Waals surface area contributed by atoms with Gasteiger partial charge in [0.1, 0.15) is 6.04 Å². The average molecular weight is 295 g/mol. The van der Waals surface area contributed by atoms with Gasteiger partial charge in [-0.1, -0.05) is 6.07 Å². The molecule has 0 aromatic heterocycles. The molecule has 4 N–H and O–H groups in total. The van der Waals surface area contributed by atoms with Crippen molar-refractivity contribution in [3.05, 3.63) is 39.4 Å². The molecule has 1 aromatic rings. The Labute approximate surface area is 118 Å². The Bertz CT molecular complexity index is 613. The number of nitro benzene ring substituents is 1. The van der Waals surface area contributed by atoms with Gasteiger partial charge in [-0.25, -0.2) is 4.79 Å². The number of hydrogen-bond acceptors (Lipinski definition) is 5. The summed E-state index contributed by atoms with van der Waals surface area (Å²) in [4.78, 5) is 43.8. The van der Waals surface area contributed by atoms with Crippen LogP contribution in [0.2, 0.25) is 0 Å². The Hall–Kier alpha value is -2.97. The molecule has 0 fully saturated rings. The van der Waals surface area contributed by atoms with E-state index < -0.39 is 35.2 Å². The Balaban J connectivity index is 3.03. The van der Waals surface area contributed by atoms with Gasteiger partial charge in [0, 0.05) is 17.2 Å². The molecular weight excluding hydrogens is 282 g/mol. The summed E-state index contributed by atoms with van der Waals surface area (Å²) in [6.45, 7) is 1.37. The standard InChI is InChI=1S/C12H13N3O6/c1-6-7(3-2-4-9(6)15(20)21)11(17)14-8(12(18)19)5-10(13)16/h2-4,8H,5H2,1H3,(H2,13,16)(H,14,17)(H,18,19). The van der Waals surface area contributed by atoms with Crippen molar-refractivity contribution in [2.24, 2.45) is 5.73 Å². The highest BCUT2D eigenvalue weighted by Gasteiger charge is 2.25. The zero-order valence-electron chi connectivity index (χ0n) is 11.0. The molecule has 0 aliphatic rings. The number of nitrogens with one attached hydrogen (secondary N) is 1. The van der Waals surface area contributed by atoms with Gasteiger partial charge >= 0.3 is 5.97 Å². The van der Waals surface area contributed by atoms with Crippen LogP contribution in [0, 0.1) is 17.0 Å². The van der Waals surface area contributed by atoms with Crippen molar-refractivity contribution in [3.63, 3.8) is 0 Å². The fourth-order valence-corrected chi connectivity index (χ4v) is 1.70. The van der Waals surface area contributed by atoms with Crippen molar-refractivity contribution in [3.8, 4) is 0 Å². The van der Waals surface area contributed by atoms with E-state index in [-0.39, 0.29) is 16.8 Å². The van der Waals surface area contributed by atoms with Gasteiger partial charge in [-0.15, -0.1) is 0 Å². The van der Waals surface area contributed by atoms with Crippen LogP contribution in [-0.4, -0.2) is 33.9 Å². The van der Waals surface area contributed by atoms with Crippen LogP contribution in [-0.2, 0) is 9.59 Å². The van der Waals surface area contributed by atoms with Crippen molar-refractivity contribution >= 4 is 23.5 Å². The maximum absolute atomic E-state index is 12.0. The second-order valence-electron chi connectivity index (χ2n) is 4.24. The summed E-state index contributed by atoms with van der Waals surface area (Å²) in [7, 11) is 0. The summed E-state index contributed by atoms with van der Waals surface area (Å²) in [5.74, 6) is -3.14. The van der Waals surface area contributed by atoms with Gasteiger partial charge in [0.25, 0.3) is 11.6 Å². The predicted molar refractivity (Wildman–Crippen MR) is 70.5 cm³/mol. The average Bonchev–Trinajstić information content (AvgIpc) is 2.36. The molecule has 0 saturated heterocycles. The third-order valence-corrected chi connectivity index (χ3v) is 2.76. The molecule has 0 radical (unpaired) electrons. The highest BCUT2D eigenvalue weighted by Crippen LogP contribution is 2.21. The lowest BCUT2D eigenvalue weighted by molar-refractivity contribution is -0.385. The lowest BCUT2D eigenvalue weighted by atomic mass is 10.1. The van der Waals surface area contributed by atoms with Crippen LogP contribution in [0.15, 0.2) is 18.2 Å². The minimum atomic E-state index is -1.49. The van der Waals surface area contributed by atoms with Gasteiger partial charge in [-0.2, -0.15) is 0 Å². The second kappa shape index (κ2) is 6.46.